The van der Waals surface area contributed by atoms with Crippen molar-refractivity contribution in [2.24, 2.45) is 0 Å². The van der Waals surface area contributed by atoms with Crippen LogP contribution in [0.25, 0.3) is 11.3 Å². The SMILES string of the molecule is COCCNc1nc(NCCc2ccc(F)cc2)cc(-c2ccccc2)n1. The number of benzene rings is 2. The fraction of sp³-hybridized carbons (Fsp3) is 0.238. The lowest BCUT2D eigenvalue weighted by Gasteiger charge is -2.11. The van der Waals surface area contributed by atoms with Gasteiger partial charge in [-0.25, -0.2) is 9.37 Å². The quantitative estimate of drug-likeness (QED) is 0.561. The summed E-state index contributed by atoms with van der Waals surface area (Å²) in [6.07, 6.45) is 0.775. The van der Waals surface area contributed by atoms with Gasteiger partial charge in [0.1, 0.15) is 11.6 Å². The maximum Gasteiger partial charge on any atom is 0.225 e. The minimum atomic E-state index is -0.221. The van der Waals surface area contributed by atoms with E-state index < -0.39 is 0 Å². The number of nitrogens with one attached hydrogen (secondary N) is 2. The second-order valence-corrected chi connectivity index (χ2v) is 6.05. The zero-order chi connectivity index (χ0) is 18.9. The summed E-state index contributed by atoms with van der Waals surface area (Å²) in [6.45, 7) is 1.89. The van der Waals surface area contributed by atoms with Crippen LogP contribution < -0.4 is 10.6 Å². The van der Waals surface area contributed by atoms with E-state index in [4.69, 9.17) is 4.74 Å². The summed E-state index contributed by atoms with van der Waals surface area (Å²) in [4.78, 5) is 9.12. The predicted molar refractivity (Wildman–Crippen MR) is 106 cm³/mol. The Morgan fingerprint density at radius 3 is 2.44 bits per heavy atom. The van der Waals surface area contributed by atoms with Crippen LogP contribution in [0, 0.1) is 5.82 Å². The van der Waals surface area contributed by atoms with Gasteiger partial charge in [0.25, 0.3) is 0 Å². The van der Waals surface area contributed by atoms with Crippen molar-refractivity contribution in [2.45, 2.75) is 6.42 Å². The summed E-state index contributed by atoms with van der Waals surface area (Å²) in [5.74, 6) is 1.07. The minimum Gasteiger partial charge on any atom is -0.383 e. The molecule has 0 saturated heterocycles. The average molecular weight is 366 g/mol. The maximum atomic E-state index is 13.0. The smallest absolute Gasteiger partial charge is 0.225 e. The number of ether oxygens (including phenoxy) is 1. The average Bonchev–Trinajstić information content (AvgIpc) is 2.70. The zero-order valence-corrected chi connectivity index (χ0v) is 15.3. The van der Waals surface area contributed by atoms with Gasteiger partial charge < -0.3 is 15.4 Å². The Bertz CT molecular complexity index is 841. The molecule has 1 heterocycles. The van der Waals surface area contributed by atoms with Gasteiger partial charge in [0.2, 0.25) is 5.95 Å². The van der Waals surface area contributed by atoms with Crippen molar-refractivity contribution in [3.63, 3.8) is 0 Å². The first-order valence-electron chi connectivity index (χ1n) is 8.90. The number of hydrogen-bond acceptors (Lipinski definition) is 5. The predicted octanol–water partition coefficient (Wildman–Crippen LogP) is 4.00. The molecule has 6 heteroatoms. The van der Waals surface area contributed by atoms with E-state index in [1.807, 2.05) is 36.4 Å². The molecule has 0 fully saturated rings. The van der Waals surface area contributed by atoms with Crippen molar-refractivity contribution in [1.29, 1.82) is 0 Å². The Morgan fingerprint density at radius 2 is 1.70 bits per heavy atom. The molecule has 0 aliphatic carbocycles. The molecule has 0 aliphatic heterocycles. The molecule has 3 aromatic rings. The lowest BCUT2D eigenvalue weighted by molar-refractivity contribution is 0.210. The number of hydrogen-bond donors (Lipinski definition) is 2. The van der Waals surface area contributed by atoms with E-state index in [-0.39, 0.29) is 5.82 Å². The minimum absolute atomic E-state index is 0.221. The Hall–Kier alpha value is -2.99. The van der Waals surface area contributed by atoms with E-state index in [1.165, 1.54) is 12.1 Å². The summed E-state index contributed by atoms with van der Waals surface area (Å²) >= 11 is 0. The van der Waals surface area contributed by atoms with Gasteiger partial charge in [0.05, 0.1) is 12.3 Å². The lowest BCUT2D eigenvalue weighted by Crippen LogP contribution is -2.13. The standard InChI is InChI=1S/C21H23FN4O/c1-27-14-13-24-21-25-19(17-5-3-2-4-6-17)15-20(26-21)23-12-11-16-7-9-18(22)10-8-16/h2-10,15H,11-14H2,1H3,(H2,23,24,25,26). The third kappa shape index (κ3) is 5.76. The van der Waals surface area contributed by atoms with Gasteiger partial charge in [-0.15, -0.1) is 0 Å². The molecule has 0 aliphatic rings. The first-order chi connectivity index (χ1) is 13.2. The van der Waals surface area contributed by atoms with Crippen molar-refractivity contribution in [3.05, 3.63) is 72.0 Å². The van der Waals surface area contributed by atoms with E-state index in [2.05, 4.69) is 20.6 Å². The van der Waals surface area contributed by atoms with Gasteiger partial charge in [-0.1, -0.05) is 42.5 Å². The molecule has 27 heavy (non-hydrogen) atoms. The monoisotopic (exact) mass is 366 g/mol. The number of rotatable bonds is 9. The van der Waals surface area contributed by atoms with Crippen LogP contribution in [0.3, 0.4) is 0 Å². The van der Waals surface area contributed by atoms with Crippen LogP contribution in [-0.4, -0.2) is 36.8 Å². The molecule has 140 valence electrons. The lowest BCUT2D eigenvalue weighted by atomic mass is 10.1. The summed E-state index contributed by atoms with van der Waals surface area (Å²) in [6, 6.07) is 18.5. The second-order valence-electron chi connectivity index (χ2n) is 6.05. The largest absolute Gasteiger partial charge is 0.383 e. The number of anilines is 2. The summed E-state index contributed by atoms with van der Waals surface area (Å²) in [5, 5.41) is 6.51. The summed E-state index contributed by atoms with van der Waals surface area (Å²) in [7, 11) is 1.66. The van der Waals surface area contributed by atoms with Gasteiger partial charge in [0, 0.05) is 31.8 Å². The van der Waals surface area contributed by atoms with Gasteiger partial charge in [-0.05, 0) is 24.1 Å². The Morgan fingerprint density at radius 1 is 0.926 bits per heavy atom. The van der Waals surface area contributed by atoms with Crippen LogP contribution in [-0.2, 0) is 11.2 Å². The highest BCUT2D eigenvalue weighted by Gasteiger charge is 2.07. The van der Waals surface area contributed by atoms with Crippen LogP contribution in [0.2, 0.25) is 0 Å². The number of nitrogens with zero attached hydrogens (tertiary/aromatic N) is 2. The fourth-order valence-corrected chi connectivity index (χ4v) is 2.62. The van der Waals surface area contributed by atoms with Crippen molar-refractivity contribution in [2.75, 3.05) is 37.4 Å². The maximum absolute atomic E-state index is 13.0. The third-order valence-electron chi connectivity index (χ3n) is 4.02. The first kappa shape index (κ1) is 18.8. The Kier molecular flexibility index (Phi) is 6.71. The van der Waals surface area contributed by atoms with Crippen molar-refractivity contribution in [3.8, 4) is 11.3 Å². The van der Waals surface area contributed by atoms with E-state index in [1.54, 1.807) is 19.2 Å². The Balaban J connectivity index is 1.72. The summed E-state index contributed by atoms with van der Waals surface area (Å²) in [5.41, 5.74) is 2.94. The van der Waals surface area contributed by atoms with Crippen molar-refractivity contribution in [1.82, 2.24) is 9.97 Å². The van der Waals surface area contributed by atoms with Crippen LogP contribution >= 0.6 is 0 Å². The molecule has 3 rings (SSSR count). The van der Waals surface area contributed by atoms with Crippen LogP contribution in [0.15, 0.2) is 60.7 Å². The van der Waals surface area contributed by atoms with E-state index in [9.17, 15) is 4.39 Å². The van der Waals surface area contributed by atoms with Gasteiger partial charge in [-0.2, -0.15) is 4.98 Å². The molecule has 0 spiro atoms. The van der Waals surface area contributed by atoms with Crippen molar-refractivity contribution < 1.29 is 9.13 Å². The molecule has 0 radical (unpaired) electrons. The third-order valence-corrected chi connectivity index (χ3v) is 4.02. The molecule has 0 amide bonds. The van der Waals surface area contributed by atoms with Gasteiger partial charge >= 0.3 is 0 Å². The van der Waals surface area contributed by atoms with Gasteiger partial charge in [0.15, 0.2) is 0 Å². The molecule has 2 aromatic carbocycles. The van der Waals surface area contributed by atoms with E-state index >= 15 is 0 Å². The van der Waals surface area contributed by atoms with Crippen LogP contribution in [0.4, 0.5) is 16.2 Å². The molecule has 0 unspecified atom stereocenters. The molecule has 0 atom stereocenters. The molecule has 1 aromatic heterocycles. The highest BCUT2D eigenvalue weighted by atomic mass is 19.1. The van der Waals surface area contributed by atoms with Gasteiger partial charge in [-0.3, -0.25) is 0 Å². The molecular formula is C21H23FN4O. The first-order valence-corrected chi connectivity index (χ1v) is 8.90. The molecular weight excluding hydrogens is 343 g/mol. The number of aromatic nitrogens is 2. The van der Waals surface area contributed by atoms with Crippen LogP contribution in [0.1, 0.15) is 5.56 Å². The molecule has 5 nitrogen and oxygen atoms in total. The normalized spacial score (nSPS) is 10.6. The number of halogens is 1. The molecule has 2 N–H and O–H groups in total. The highest BCUT2D eigenvalue weighted by Crippen LogP contribution is 2.21. The zero-order valence-electron chi connectivity index (χ0n) is 15.3. The second kappa shape index (κ2) is 9.64. The molecule has 0 bridgehead atoms. The van der Waals surface area contributed by atoms with E-state index in [0.29, 0.717) is 25.6 Å². The van der Waals surface area contributed by atoms with Crippen molar-refractivity contribution >= 4 is 11.8 Å². The van der Waals surface area contributed by atoms with Crippen LogP contribution in [0.5, 0.6) is 0 Å². The number of methoxy groups -OCH3 is 1. The Labute approximate surface area is 158 Å². The van der Waals surface area contributed by atoms with E-state index in [0.717, 1.165) is 29.1 Å². The fourth-order valence-electron chi connectivity index (χ4n) is 2.62. The summed E-state index contributed by atoms with van der Waals surface area (Å²) < 4.78 is 18.1. The topological polar surface area (TPSA) is 59.1 Å². The highest BCUT2D eigenvalue weighted by molar-refractivity contribution is 5.64. The molecule has 0 saturated carbocycles.